The first kappa shape index (κ1) is 14.0. The summed E-state index contributed by atoms with van der Waals surface area (Å²) in [4.78, 5) is 11.1. The van der Waals surface area contributed by atoms with Gasteiger partial charge in [0.1, 0.15) is 12.1 Å². The molecule has 1 aliphatic rings. The van der Waals surface area contributed by atoms with Crippen LogP contribution in [0.1, 0.15) is 12.8 Å². The van der Waals surface area contributed by atoms with Gasteiger partial charge in [-0.05, 0) is 37.4 Å². The number of nitrogens with zero attached hydrogens (tertiary/aromatic N) is 3. The summed E-state index contributed by atoms with van der Waals surface area (Å²) in [5.74, 6) is 1.74. The molecule has 19 heavy (non-hydrogen) atoms. The quantitative estimate of drug-likeness (QED) is 0.915. The first-order valence-electron chi connectivity index (χ1n) is 6.53. The van der Waals surface area contributed by atoms with Gasteiger partial charge in [-0.1, -0.05) is 12.1 Å². The Hall–Kier alpha value is -1.39. The first-order valence-corrected chi connectivity index (χ1v) is 6.53. The van der Waals surface area contributed by atoms with E-state index in [9.17, 15) is 0 Å². The van der Waals surface area contributed by atoms with Crippen molar-refractivity contribution in [1.82, 2.24) is 9.97 Å². The molecule has 0 radical (unpaired) electrons. The maximum atomic E-state index is 5.73. The van der Waals surface area contributed by atoms with Gasteiger partial charge in [-0.15, -0.1) is 12.4 Å². The minimum atomic E-state index is 0. The molecule has 0 atom stereocenters. The van der Waals surface area contributed by atoms with Crippen molar-refractivity contribution in [2.45, 2.75) is 12.8 Å². The summed E-state index contributed by atoms with van der Waals surface area (Å²) in [5.41, 5.74) is 6.75. The summed E-state index contributed by atoms with van der Waals surface area (Å²) in [6, 6.07) is 8.19. The Morgan fingerprint density at radius 1 is 1.16 bits per heavy atom. The minimum Gasteiger partial charge on any atom is -0.356 e. The SMILES string of the molecule is Cl.NCC1CCN(c2ncnc3ccccc23)CC1. The highest BCUT2D eigenvalue weighted by molar-refractivity contribution is 5.89. The summed E-state index contributed by atoms with van der Waals surface area (Å²) in [7, 11) is 0. The van der Waals surface area contributed by atoms with E-state index in [0.29, 0.717) is 5.92 Å². The average Bonchev–Trinajstić information content (AvgIpc) is 2.47. The second-order valence-electron chi connectivity index (χ2n) is 4.88. The van der Waals surface area contributed by atoms with E-state index in [2.05, 4.69) is 20.9 Å². The van der Waals surface area contributed by atoms with E-state index >= 15 is 0 Å². The van der Waals surface area contributed by atoms with Crippen LogP contribution in [0.25, 0.3) is 10.9 Å². The van der Waals surface area contributed by atoms with Crippen LogP contribution in [0, 0.1) is 5.92 Å². The molecule has 0 bridgehead atoms. The maximum Gasteiger partial charge on any atom is 0.139 e. The fourth-order valence-electron chi connectivity index (χ4n) is 2.62. The number of anilines is 1. The largest absolute Gasteiger partial charge is 0.356 e. The molecule has 0 aliphatic carbocycles. The fraction of sp³-hybridized carbons (Fsp3) is 0.429. The van der Waals surface area contributed by atoms with Gasteiger partial charge in [-0.25, -0.2) is 9.97 Å². The number of fused-ring (bicyclic) bond motifs is 1. The average molecular weight is 279 g/mol. The van der Waals surface area contributed by atoms with Crippen molar-refractivity contribution in [3.63, 3.8) is 0 Å². The van der Waals surface area contributed by atoms with Gasteiger partial charge in [0.25, 0.3) is 0 Å². The number of halogens is 1. The molecule has 1 aromatic heterocycles. The number of rotatable bonds is 2. The lowest BCUT2D eigenvalue weighted by atomic mass is 9.97. The van der Waals surface area contributed by atoms with E-state index in [-0.39, 0.29) is 12.4 Å². The Balaban J connectivity index is 0.00000133. The minimum absolute atomic E-state index is 0. The van der Waals surface area contributed by atoms with E-state index in [1.165, 1.54) is 0 Å². The highest BCUT2D eigenvalue weighted by Crippen LogP contribution is 2.26. The smallest absolute Gasteiger partial charge is 0.139 e. The molecule has 2 aromatic rings. The Labute approximate surface area is 119 Å². The first-order chi connectivity index (χ1) is 8.88. The molecule has 4 nitrogen and oxygen atoms in total. The van der Waals surface area contributed by atoms with Gasteiger partial charge in [-0.3, -0.25) is 0 Å². The number of hydrogen-bond acceptors (Lipinski definition) is 4. The predicted molar refractivity (Wildman–Crippen MR) is 80.8 cm³/mol. The second kappa shape index (κ2) is 6.17. The molecular formula is C14H19ClN4. The Bertz CT molecular complexity index is 532. The molecule has 1 saturated heterocycles. The van der Waals surface area contributed by atoms with Crippen LogP contribution >= 0.6 is 12.4 Å². The van der Waals surface area contributed by atoms with Crippen molar-refractivity contribution >= 4 is 29.1 Å². The summed E-state index contributed by atoms with van der Waals surface area (Å²) >= 11 is 0. The molecule has 102 valence electrons. The molecule has 1 aromatic carbocycles. The number of para-hydroxylation sites is 1. The highest BCUT2D eigenvalue weighted by atomic mass is 35.5. The lowest BCUT2D eigenvalue weighted by molar-refractivity contribution is 0.413. The van der Waals surface area contributed by atoms with Crippen LogP contribution < -0.4 is 10.6 Å². The van der Waals surface area contributed by atoms with Crippen molar-refractivity contribution in [2.75, 3.05) is 24.5 Å². The number of benzene rings is 1. The molecule has 0 amide bonds. The van der Waals surface area contributed by atoms with Crippen LogP contribution in [0.3, 0.4) is 0 Å². The van der Waals surface area contributed by atoms with Gasteiger partial charge in [0, 0.05) is 18.5 Å². The van der Waals surface area contributed by atoms with Gasteiger partial charge in [-0.2, -0.15) is 0 Å². The molecule has 2 heterocycles. The molecule has 5 heteroatoms. The molecule has 3 rings (SSSR count). The van der Waals surface area contributed by atoms with Crippen LogP contribution in [-0.2, 0) is 0 Å². The van der Waals surface area contributed by atoms with Crippen molar-refractivity contribution in [3.8, 4) is 0 Å². The summed E-state index contributed by atoms with van der Waals surface area (Å²) < 4.78 is 0. The monoisotopic (exact) mass is 278 g/mol. The summed E-state index contributed by atoms with van der Waals surface area (Å²) in [6.45, 7) is 2.89. The highest BCUT2D eigenvalue weighted by Gasteiger charge is 2.20. The van der Waals surface area contributed by atoms with Gasteiger partial charge in [0.15, 0.2) is 0 Å². The molecule has 1 aliphatic heterocycles. The summed E-state index contributed by atoms with van der Waals surface area (Å²) in [6.07, 6.45) is 3.98. The third-order valence-corrected chi connectivity index (χ3v) is 3.77. The number of nitrogens with two attached hydrogens (primary N) is 1. The van der Waals surface area contributed by atoms with Crippen LogP contribution in [0.5, 0.6) is 0 Å². The van der Waals surface area contributed by atoms with Crippen molar-refractivity contribution in [3.05, 3.63) is 30.6 Å². The number of aromatic nitrogens is 2. The van der Waals surface area contributed by atoms with Crippen molar-refractivity contribution < 1.29 is 0 Å². The standard InChI is InChI=1S/C14H18N4.ClH/c15-9-11-5-7-18(8-6-11)14-12-3-1-2-4-13(12)16-10-17-14;/h1-4,10-11H,5-9,15H2;1H. The summed E-state index contributed by atoms with van der Waals surface area (Å²) in [5, 5.41) is 1.14. The van der Waals surface area contributed by atoms with Gasteiger partial charge >= 0.3 is 0 Å². The Kier molecular flexibility index (Phi) is 4.56. The molecule has 2 N–H and O–H groups in total. The number of hydrogen-bond donors (Lipinski definition) is 1. The maximum absolute atomic E-state index is 5.73. The van der Waals surface area contributed by atoms with Crippen LogP contribution in [-0.4, -0.2) is 29.6 Å². The molecule has 0 saturated carbocycles. The van der Waals surface area contributed by atoms with Gasteiger partial charge < -0.3 is 10.6 Å². The third-order valence-electron chi connectivity index (χ3n) is 3.77. The fourth-order valence-corrected chi connectivity index (χ4v) is 2.62. The zero-order valence-electron chi connectivity index (χ0n) is 10.8. The van der Waals surface area contributed by atoms with E-state index in [4.69, 9.17) is 5.73 Å². The van der Waals surface area contributed by atoms with Crippen molar-refractivity contribution in [2.24, 2.45) is 11.7 Å². The topological polar surface area (TPSA) is 55.0 Å². The lowest BCUT2D eigenvalue weighted by Gasteiger charge is -2.32. The zero-order valence-corrected chi connectivity index (χ0v) is 11.6. The lowest BCUT2D eigenvalue weighted by Crippen LogP contribution is -2.36. The molecule has 0 unspecified atom stereocenters. The van der Waals surface area contributed by atoms with E-state index in [0.717, 1.165) is 49.2 Å². The van der Waals surface area contributed by atoms with E-state index in [1.54, 1.807) is 6.33 Å². The Morgan fingerprint density at radius 3 is 2.63 bits per heavy atom. The van der Waals surface area contributed by atoms with Crippen LogP contribution in [0.15, 0.2) is 30.6 Å². The van der Waals surface area contributed by atoms with Gasteiger partial charge in [0.05, 0.1) is 5.52 Å². The predicted octanol–water partition coefficient (Wildman–Crippen LogP) is 2.23. The number of piperidine rings is 1. The van der Waals surface area contributed by atoms with E-state index in [1.807, 2.05) is 18.2 Å². The second-order valence-corrected chi connectivity index (χ2v) is 4.88. The van der Waals surface area contributed by atoms with E-state index < -0.39 is 0 Å². The molecular weight excluding hydrogens is 260 g/mol. The Morgan fingerprint density at radius 2 is 1.89 bits per heavy atom. The molecule has 0 spiro atoms. The van der Waals surface area contributed by atoms with Crippen LogP contribution in [0.4, 0.5) is 5.82 Å². The molecule has 1 fully saturated rings. The van der Waals surface area contributed by atoms with Gasteiger partial charge in [0.2, 0.25) is 0 Å². The van der Waals surface area contributed by atoms with Crippen LogP contribution in [0.2, 0.25) is 0 Å². The third kappa shape index (κ3) is 2.80. The normalized spacial score (nSPS) is 16.4. The zero-order chi connectivity index (χ0) is 12.4. The van der Waals surface area contributed by atoms with Crippen molar-refractivity contribution in [1.29, 1.82) is 0 Å².